The molecular formula is C12H19NO4S. The van der Waals surface area contributed by atoms with Crippen molar-refractivity contribution in [1.29, 1.82) is 0 Å². The van der Waals surface area contributed by atoms with E-state index >= 15 is 0 Å². The van der Waals surface area contributed by atoms with Crippen LogP contribution in [-0.2, 0) is 17.1 Å². The normalized spacial score (nSPS) is 12.4. The first-order chi connectivity index (χ1) is 8.56. The second kappa shape index (κ2) is 7.23. The third kappa shape index (κ3) is 4.54. The van der Waals surface area contributed by atoms with E-state index in [1.165, 1.54) is 0 Å². The van der Waals surface area contributed by atoms with Gasteiger partial charge >= 0.3 is 0 Å². The molecule has 0 bridgehead atoms. The molecule has 5 nitrogen and oxygen atoms in total. The highest BCUT2D eigenvalue weighted by molar-refractivity contribution is 7.72. The highest BCUT2D eigenvalue weighted by atomic mass is 32.2. The molecule has 0 fully saturated rings. The molecule has 0 saturated heterocycles. The van der Waals surface area contributed by atoms with E-state index in [1.54, 1.807) is 13.2 Å². The lowest BCUT2D eigenvalue weighted by Crippen LogP contribution is -2.27. The lowest BCUT2D eigenvalue weighted by Gasteiger charge is -2.13. The van der Waals surface area contributed by atoms with E-state index in [2.05, 4.69) is 0 Å². The second-order valence-electron chi connectivity index (χ2n) is 3.90. The van der Waals surface area contributed by atoms with Gasteiger partial charge in [0.25, 0.3) is 0 Å². The molecule has 18 heavy (non-hydrogen) atoms. The monoisotopic (exact) mass is 273 g/mol. The Morgan fingerprint density at radius 3 is 2.61 bits per heavy atom. The fourth-order valence-corrected chi connectivity index (χ4v) is 2.19. The summed E-state index contributed by atoms with van der Waals surface area (Å²) in [5.41, 5.74) is 6.68. The summed E-state index contributed by atoms with van der Waals surface area (Å²) in [5.74, 6) is 1.30. The topological polar surface area (TPSA) is 78.6 Å². The van der Waals surface area contributed by atoms with Gasteiger partial charge in [0.15, 0.2) is 11.5 Å². The Hall–Kier alpha value is -1.27. The summed E-state index contributed by atoms with van der Waals surface area (Å²) in [7, 11) is -0.866. The molecule has 0 heterocycles. The zero-order chi connectivity index (χ0) is 13.5. The molecule has 0 aliphatic rings. The van der Waals surface area contributed by atoms with E-state index in [-0.39, 0.29) is 5.75 Å². The summed E-state index contributed by atoms with van der Waals surface area (Å²) < 4.78 is 31.8. The van der Waals surface area contributed by atoms with Crippen molar-refractivity contribution >= 4 is 10.7 Å². The standard InChI is InChI=1S/C12H19NO4S/c1-3-17-12-7-9(4-5-11(12)16-2)6-10(13)8-18(14)15/h4-5,7,10,18H,3,6,8,13H2,1-2H3/t10-/m0/s1. The van der Waals surface area contributed by atoms with Gasteiger partial charge in [-0.25, -0.2) is 8.42 Å². The van der Waals surface area contributed by atoms with E-state index in [0.717, 1.165) is 5.56 Å². The lowest BCUT2D eigenvalue weighted by atomic mass is 10.1. The molecule has 2 N–H and O–H groups in total. The van der Waals surface area contributed by atoms with E-state index < -0.39 is 16.7 Å². The van der Waals surface area contributed by atoms with Crippen LogP contribution < -0.4 is 15.2 Å². The average Bonchev–Trinajstić information content (AvgIpc) is 2.28. The smallest absolute Gasteiger partial charge is 0.161 e. The summed E-state index contributed by atoms with van der Waals surface area (Å²) in [6.45, 7) is 2.43. The molecule has 0 aliphatic carbocycles. The Kier molecular flexibility index (Phi) is 5.94. The van der Waals surface area contributed by atoms with E-state index in [0.29, 0.717) is 24.5 Å². The molecule has 1 aromatic rings. The van der Waals surface area contributed by atoms with Crippen molar-refractivity contribution in [3.05, 3.63) is 23.8 Å². The highest BCUT2D eigenvalue weighted by Gasteiger charge is 2.09. The molecule has 0 aromatic heterocycles. The summed E-state index contributed by atoms with van der Waals surface area (Å²) in [6.07, 6.45) is 0.493. The Balaban J connectivity index is 2.80. The SMILES string of the molecule is CCOc1cc(C[C@H](N)C[SH](=O)=O)ccc1OC. The summed E-state index contributed by atoms with van der Waals surface area (Å²) in [5, 5.41) is 0. The van der Waals surface area contributed by atoms with Crippen LogP contribution in [0.1, 0.15) is 12.5 Å². The number of methoxy groups -OCH3 is 1. The zero-order valence-electron chi connectivity index (χ0n) is 10.6. The number of rotatable bonds is 7. The van der Waals surface area contributed by atoms with Gasteiger partial charge in [-0.15, -0.1) is 0 Å². The molecule has 0 aliphatic heterocycles. The van der Waals surface area contributed by atoms with Crippen LogP contribution in [0.2, 0.25) is 0 Å². The molecule has 0 spiro atoms. The van der Waals surface area contributed by atoms with E-state index in [9.17, 15) is 8.42 Å². The minimum atomic E-state index is -2.44. The van der Waals surface area contributed by atoms with Gasteiger partial charge in [0.1, 0.15) is 10.7 Å². The van der Waals surface area contributed by atoms with Gasteiger partial charge in [0, 0.05) is 6.04 Å². The van der Waals surface area contributed by atoms with Gasteiger partial charge in [-0.2, -0.15) is 0 Å². The minimum absolute atomic E-state index is 0.00860. The summed E-state index contributed by atoms with van der Waals surface area (Å²) in [4.78, 5) is 0. The van der Waals surface area contributed by atoms with Crippen molar-refractivity contribution in [1.82, 2.24) is 0 Å². The molecule has 0 unspecified atom stereocenters. The maximum Gasteiger partial charge on any atom is 0.161 e. The maximum absolute atomic E-state index is 10.6. The van der Waals surface area contributed by atoms with Crippen LogP contribution in [0.5, 0.6) is 11.5 Å². The third-order valence-corrected chi connectivity index (χ3v) is 3.18. The maximum atomic E-state index is 10.6. The highest BCUT2D eigenvalue weighted by Crippen LogP contribution is 2.28. The molecular weight excluding hydrogens is 254 g/mol. The van der Waals surface area contributed by atoms with Gasteiger partial charge in [-0.1, -0.05) is 6.07 Å². The predicted octanol–water partition coefficient (Wildman–Crippen LogP) is 0.575. The Morgan fingerprint density at radius 2 is 2.06 bits per heavy atom. The van der Waals surface area contributed by atoms with Crippen molar-refractivity contribution in [2.24, 2.45) is 5.73 Å². The van der Waals surface area contributed by atoms with Gasteiger partial charge in [0.2, 0.25) is 0 Å². The number of thiol groups is 1. The van der Waals surface area contributed by atoms with Crippen LogP contribution in [0.3, 0.4) is 0 Å². The van der Waals surface area contributed by atoms with Crippen molar-refractivity contribution in [2.75, 3.05) is 19.5 Å². The molecule has 0 radical (unpaired) electrons. The third-order valence-electron chi connectivity index (χ3n) is 2.41. The van der Waals surface area contributed by atoms with E-state index in [4.69, 9.17) is 15.2 Å². The van der Waals surface area contributed by atoms with Gasteiger partial charge in [-0.3, -0.25) is 0 Å². The molecule has 0 saturated carbocycles. The molecule has 6 heteroatoms. The van der Waals surface area contributed by atoms with Crippen molar-refractivity contribution < 1.29 is 17.9 Å². The number of ether oxygens (including phenoxy) is 2. The second-order valence-corrected chi connectivity index (χ2v) is 4.93. The summed E-state index contributed by atoms with van der Waals surface area (Å²) >= 11 is 0. The molecule has 0 amide bonds. The molecule has 1 aromatic carbocycles. The van der Waals surface area contributed by atoms with Crippen LogP contribution in [0, 0.1) is 0 Å². The number of hydrogen-bond donors (Lipinski definition) is 2. The van der Waals surface area contributed by atoms with Crippen molar-refractivity contribution in [3.63, 3.8) is 0 Å². The first kappa shape index (κ1) is 14.8. The van der Waals surface area contributed by atoms with Crippen LogP contribution in [0.25, 0.3) is 0 Å². The van der Waals surface area contributed by atoms with Gasteiger partial charge in [0.05, 0.1) is 19.5 Å². The van der Waals surface area contributed by atoms with Crippen LogP contribution in [0.15, 0.2) is 18.2 Å². The van der Waals surface area contributed by atoms with Gasteiger partial charge < -0.3 is 15.2 Å². The lowest BCUT2D eigenvalue weighted by molar-refractivity contribution is 0.310. The molecule has 102 valence electrons. The Labute approximate surface area is 109 Å². The van der Waals surface area contributed by atoms with Crippen molar-refractivity contribution in [2.45, 2.75) is 19.4 Å². The first-order valence-corrected chi connectivity index (χ1v) is 7.10. The first-order valence-electron chi connectivity index (χ1n) is 5.74. The largest absolute Gasteiger partial charge is 0.493 e. The van der Waals surface area contributed by atoms with Gasteiger partial charge in [-0.05, 0) is 31.0 Å². The predicted molar refractivity (Wildman–Crippen MR) is 71.0 cm³/mol. The summed E-state index contributed by atoms with van der Waals surface area (Å²) in [6, 6.07) is 5.10. The quantitative estimate of drug-likeness (QED) is 0.710. The van der Waals surface area contributed by atoms with Crippen LogP contribution in [-0.4, -0.2) is 33.9 Å². The van der Waals surface area contributed by atoms with Crippen molar-refractivity contribution in [3.8, 4) is 11.5 Å². The Bertz CT molecular complexity index is 451. The molecule has 1 rings (SSSR count). The average molecular weight is 273 g/mol. The zero-order valence-corrected chi connectivity index (χ0v) is 11.5. The number of nitrogens with two attached hydrogens (primary N) is 1. The van der Waals surface area contributed by atoms with E-state index in [1.807, 2.05) is 19.1 Å². The minimum Gasteiger partial charge on any atom is -0.493 e. The fraction of sp³-hybridized carbons (Fsp3) is 0.500. The molecule has 1 atom stereocenters. The Morgan fingerprint density at radius 1 is 1.33 bits per heavy atom. The fourth-order valence-electron chi connectivity index (χ4n) is 1.68. The van der Waals surface area contributed by atoms with Crippen LogP contribution in [0.4, 0.5) is 0 Å². The van der Waals surface area contributed by atoms with Crippen LogP contribution >= 0.6 is 0 Å². The number of hydrogen-bond acceptors (Lipinski definition) is 5. The number of benzene rings is 1.